The van der Waals surface area contributed by atoms with Gasteiger partial charge in [-0.1, -0.05) is 23.7 Å². The zero-order valence-electron chi connectivity index (χ0n) is 15.2. The molecule has 1 aromatic heterocycles. The summed E-state index contributed by atoms with van der Waals surface area (Å²) in [5.41, 5.74) is 4.26. The van der Waals surface area contributed by atoms with Gasteiger partial charge in [0.15, 0.2) is 5.96 Å². The van der Waals surface area contributed by atoms with Crippen molar-refractivity contribution in [1.82, 2.24) is 15.6 Å². The number of aliphatic imine (C=N–C) groups is 1. The number of rotatable bonds is 6. The first kappa shape index (κ1) is 19.1. The Bertz CT molecular complexity index is 729. The summed E-state index contributed by atoms with van der Waals surface area (Å²) in [6.07, 6.45) is 2.73. The standard InChI is InChI=1S/C19H25ClN4O/c1-13-11-23-17(14(2)18(13)25-4)12-24-19(21-3)22-10-9-15-5-7-16(20)8-6-15/h5-8,11H,9-10,12H2,1-4H3,(H2,21,22,24). The second-order valence-corrected chi connectivity index (χ2v) is 6.21. The molecule has 0 saturated heterocycles. The van der Waals surface area contributed by atoms with Crippen LogP contribution < -0.4 is 15.4 Å². The minimum Gasteiger partial charge on any atom is -0.496 e. The molecule has 134 valence electrons. The molecule has 5 nitrogen and oxygen atoms in total. The zero-order chi connectivity index (χ0) is 18.2. The third-order valence-corrected chi connectivity index (χ3v) is 4.27. The van der Waals surface area contributed by atoms with E-state index < -0.39 is 0 Å². The quantitative estimate of drug-likeness (QED) is 0.613. The molecule has 6 heteroatoms. The molecule has 0 aliphatic heterocycles. The van der Waals surface area contributed by atoms with Gasteiger partial charge in [-0.3, -0.25) is 9.98 Å². The van der Waals surface area contributed by atoms with E-state index in [0.29, 0.717) is 6.54 Å². The van der Waals surface area contributed by atoms with Gasteiger partial charge < -0.3 is 15.4 Å². The summed E-state index contributed by atoms with van der Waals surface area (Å²) < 4.78 is 5.45. The molecule has 0 aliphatic rings. The zero-order valence-corrected chi connectivity index (χ0v) is 15.9. The van der Waals surface area contributed by atoms with Gasteiger partial charge in [-0.2, -0.15) is 0 Å². The van der Waals surface area contributed by atoms with Gasteiger partial charge in [0.25, 0.3) is 0 Å². The van der Waals surface area contributed by atoms with Crippen molar-refractivity contribution >= 4 is 17.6 Å². The molecule has 0 aliphatic carbocycles. The topological polar surface area (TPSA) is 58.5 Å². The Hall–Kier alpha value is -2.27. The summed E-state index contributed by atoms with van der Waals surface area (Å²) in [6, 6.07) is 7.88. The van der Waals surface area contributed by atoms with Crippen molar-refractivity contribution in [3.8, 4) is 5.75 Å². The number of aromatic nitrogens is 1. The number of pyridine rings is 1. The van der Waals surface area contributed by atoms with E-state index in [4.69, 9.17) is 16.3 Å². The van der Waals surface area contributed by atoms with Crippen LogP contribution in [0.15, 0.2) is 35.5 Å². The highest BCUT2D eigenvalue weighted by atomic mass is 35.5. The minimum atomic E-state index is 0.586. The number of guanidine groups is 1. The predicted molar refractivity (Wildman–Crippen MR) is 104 cm³/mol. The Morgan fingerprint density at radius 3 is 2.56 bits per heavy atom. The van der Waals surface area contributed by atoms with Crippen molar-refractivity contribution < 1.29 is 4.74 Å². The van der Waals surface area contributed by atoms with Crippen LogP contribution >= 0.6 is 11.6 Å². The van der Waals surface area contributed by atoms with Crippen molar-refractivity contribution in [1.29, 1.82) is 0 Å². The van der Waals surface area contributed by atoms with Crippen molar-refractivity contribution in [2.24, 2.45) is 4.99 Å². The average molecular weight is 361 g/mol. The first-order valence-electron chi connectivity index (χ1n) is 8.23. The van der Waals surface area contributed by atoms with Gasteiger partial charge in [-0.15, -0.1) is 0 Å². The first-order valence-corrected chi connectivity index (χ1v) is 8.61. The molecule has 2 rings (SSSR count). The molecular weight excluding hydrogens is 336 g/mol. The molecule has 0 saturated carbocycles. The molecule has 1 aromatic carbocycles. The summed E-state index contributed by atoms with van der Waals surface area (Å²) in [7, 11) is 3.44. The molecule has 0 spiro atoms. The van der Waals surface area contributed by atoms with Crippen LogP contribution in [0.3, 0.4) is 0 Å². The molecule has 0 bridgehead atoms. The Balaban J connectivity index is 1.87. The number of aryl methyl sites for hydroxylation is 1. The van der Waals surface area contributed by atoms with Crippen LogP contribution in [-0.2, 0) is 13.0 Å². The van der Waals surface area contributed by atoms with Gasteiger partial charge in [0.2, 0.25) is 0 Å². The summed E-state index contributed by atoms with van der Waals surface area (Å²) >= 11 is 5.90. The summed E-state index contributed by atoms with van der Waals surface area (Å²) in [5.74, 6) is 1.63. The first-order chi connectivity index (χ1) is 12.0. The van der Waals surface area contributed by atoms with Crippen LogP contribution in [0.5, 0.6) is 5.75 Å². The van der Waals surface area contributed by atoms with E-state index in [1.54, 1.807) is 14.2 Å². The van der Waals surface area contributed by atoms with E-state index in [2.05, 4.69) is 20.6 Å². The number of benzene rings is 1. The molecule has 1 heterocycles. The Morgan fingerprint density at radius 2 is 1.92 bits per heavy atom. The average Bonchev–Trinajstić information content (AvgIpc) is 2.61. The van der Waals surface area contributed by atoms with Gasteiger partial charge >= 0.3 is 0 Å². The fraction of sp³-hybridized carbons (Fsp3) is 0.368. The minimum absolute atomic E-state index is 0.586. The smallest absolute Gasteiger partial charge is 0.191 e. The fourth-order valence-electron chi connectivity index (χ4n) is 2.61. The lowest BCUT2D eigenvalue weighted by atomic mass is 10.1. The van der Waals surface area contributed by atoms with E-state index >= 15 is 0 Å². The molecule has 0 atom stereocenters. The number of hydrogen-bond acceptors (Lipinski definition) is 3. The van der Waals surface area contributed by atoms with Crippen molar-refractivity contribution in [3.05, 3.63) is 57.9 Å². The lowest BCUT2D eigenvalue weighted by molar-refractivity contribution is 0.406. The van der Waals surface area contributed by atoms with Crippen molar-refractivity contribution in [2.75, 3.05) is 20.7 Å². The monoisotopic (exact) mass is 360 g/mol. The maximum atomic E-state index is 5.90. The highest BCUT2D eigenvalue weighted by Gasteiger charge is 2.09. The number of methoxy groups -OCH3 is 1. The van der Waals surface area contributed by atoms with E-state index in [9.17, 15) is 0 Å². The van der Waals surface area contributed by atoms with E-state index in [1.807, 2.05) is 44.3 Å². The normalized spacial score (nSPS) is 11.3. The lowest BCUT2D eigenvalue weighted by Gasteiger charge is -2.15. The number of ether oxygens (including phenoxy) is 1. The van der Waals surface area contributed by atoms with E-state index in [0.717, 1.165) is 46.5 Å². The van der Waals surface area contributed by atoms with Gasteiger partial charge in [-0.05, 0) is 38.0 Å². The molecule has 0 radical (unpaired) electrons. The largest absolute Gasteiger partial charge is 0.496 e. The third kappa shape index (κ3) is 5.36. The fourth-order valence-corrected chi connectivity index (χ4v) is 2.74. The maximum Gasteiger partial charge on any atom is 0.191 e. The Morgan fingerprint density at radius 1 is 1.20 bits per heavy atom. The number of halogens is 1. The molecule has 0 unspecified atom stereocenters. The highest BCUT2D eigenvalue weighted by Crippen LogP contribution is 2.23. The van der Waals surface area contributed by atoms with Crippen LogP contribution in [0.4, 0.5) is 0 Å². The molecular formula is C19H25ClN4O. The summed E-state index contributed by atoms with van der Waals surface area (Å²) in [4.78, 5) is 8.74. The summed E-state index contributed by atoms with van der Waals surface area (Å²) in [5, 5.41) is 7.36. The Labute approximate surface area is 154 Å². The van der Waals surface area contributed by atoms with Gasteiger partial charge in [0.05, 0.1) is 19.3 Å². The second-order valence-electron chi connectivity index (χ2n) is 5.78. The number of nitrogens with zero attached hydrogens (tertiary/aromatic N) is 2. The molecule has 25 heavy (non-hydrogen) atoms. The van der Waals surface area contributed by atoms with Gasteiger partial charge in [0.1, 0.15) is 5.75 Å². The molecule has 2 aromatic rings. The highest BCUT2D eigenvalue weighted by molar-refractivity contribution is 6.30. The summed E-state index contributed by atoms with van der Waals surface area (Å²) in [6.45, 7) is 5.38. The SMILES string of the molecule is CN=C(NCCc1ccc(Cl)cc1)NCc1ncc(C)c(OC)c1C. The van der Waals surface area contributed by atoms with E-state index in [-0.39, 0.29) is 0 Å². The predicted octanol–water partition coefficient (Wildman–Crippen LogP) is 3.27. The maximum absolute atomic E-state index is 5.90. The van der Waals surface area contributed by atoms with Crippen molar-refractivity contribution in [3.63, 3.8) is 0 Å². The van der Waals surface area contributed by atoms with Crippen LogP contribution in [0.1, 0.15) is 22.4 Å². The van der Waals surface area contributed by atoms with Crippen LogP contribution in [0.2, 0.25) is 5.02 Å². The third-order valence-electron chi connectivity index (χ3n) is 4.02. The Kier molecular flexibility index (Phi) is 7.07. The molecule has 0 fully saturated rings. The molecule has 2 N–H and O–H groups in total. The van der Waals surface area contributed by atoms with Crippen LogP contribution in [0.25, 0.3) is 0 Å². The van der Waals surface area contributed by atoms with Gasteiger partial charge in [-0.25, -0.2) is 0 Å². The van der Waals surface area contributed by atoms with E-state index in [1.165, 1.54) is 5.56 Å². The van der Waals surface area contributed by atoms with Crippen molar-refractivity contribution in [2.45, 2.75) is 26.8 Å². The number of nitrogens with one attached hydrogen (secondary N) is 2. The van der Waals surface area contributed by atoms with Crippen LogP contribution in [-0.4, -0.2) is 31.6 Å². The van der Waals surface area contributed by atoms with Crippen LogP contribution in [0, 0.1) is 13.8 Å². The number of hydrogen-bond donors (Lipinski definition) is 2. The lowest BCUT2D eigenvalue weighted by Crippen LogP contribution is -2.38. The second kappa shape index (κ2) is 9.28. The van der Waals surface area contributed by atoms with Gasteiger partial charge in [0, 0.05) is 35.9 Å². The molecule has 0 amide bonds.